The van der Waals surface area contributed by atoms with Crippen molar-refractivity contribution in [3.63, 3.8) is 0 Å². The third-order valence-corrected chi connectivity index (χ3v) is 5.86. The molecule has 0 bridgehead atoms. The average molecular weight is 451 g/mol. The number of nitrogens with one attached hydrogen (secondary N) is 1. The first-order chi connectivity index (χ1) is 15.3. The number of hydrogen-bond donors (Lipinski definition) is 1. The van der Waals surface area contributed by atoms with Gasteiger partial charge in [-0.25, -0.2) is 9.89 Å². The van der Waals surface area contributed by atoms with E-state index in [-0.39, 0.29) is 11.2 Å². The second-order valence-electron chi connectivity index (χ2n) is 8.85. The molecule has 4 aromatic rings. The van der Waals surface area contributed by atoms with Crippen LogP contribution in [0.2, 0.25) is 5.15 Å². The molecule has 4 rings (SSSR count). The molecule has 0 unspecified atom stereocenters. The van der Waals surface area contributed by atoms with Crippen molar-refractivity contribution in [1.82, 2.24) is 29.8 Å². The maximum Gasteiger partial charge on any atom is 0.330 e. The van der Waals surface area contributed by atoms with Gasteiger partial charge in [0.15, 0.2) is 5.82 Å². The molecule has 32 heavy (non-hydrogen) atoms. The van der Waals surface area contributed by atoms with E-state index in [2.05, 4.69) is 51.8 Å². The zero-order valence-corrected chi connectivity index (χ0v) is 19.5. The Bertz CT molecular complexity index is 1260. The molecule has 0 radical (unpaired) electrons. The van der Waals surface area contributed by atoms with E-state index in [9.17, 15) is 4.79 Å². The summed E-state index contributed by atoms with van der Waals surface area (Å²) in [6.45, 7) is 8.56. The van der Waals surface area contributed by atoms with E-state index in [1.807, 2.05) is 45.0 Å². The molecule has 8 heteroatoms. The van der Waals surface area contributed by atoms with Crippen LogP contribution in [0.5, 0.6) is 0 Å². The van der Waals surface area contributed by atoms with Gasteiger partial charge in [-0.05, 0) is 54.3 Å². The second kappa shape index (κ2) is 8.74. The standard InChI is InChI=1S/C24H27ClN6O/c1-5-8-20-21(25)31(24(2,3)4)23(32)30(20)15-16-11-13-17(14-12-16)18-9-6-7-10-19(18)22-26-28-29-27-22/h6-7,9-14H,5,8,15H2,1-4H3,(H,26,27,28,29). The summed E-state index contributed by atoms with van der Waals surface area (Å²) in [5, 5.41) is 14.8. The summed E-state index contributed by atoms with van der Waals surface area (Å²) in [4.78, 5) is 13.2. The molecule has 1 N–H and O–H groups in total. The van der Waals surface area contributed by atoms with Crippen molar-refractivity contribution in [3.05, 3.63) is 75.4 Å². The zero-order chi connectivity index (χ0) is 22.9. The lowest BCUT2D eigenvalue weighted by Gasteiger charge is -2.20. The molecule has 2 aromatic heterocycles. The predicted molar refractivity (Wildman–Crippen MR) is 127 cm³/mol. The minimum Gasteiger partial charge on any atom is -0.290 e. The molecule has 7 nitrogen and oxygen atoms in total. The largest absolute Gasteiger partial charge is 0.330 e. The lowest BCUT2D eigenvalue weighted by Crippen LogP contribution is -2.35. The normalized spacial score (nSPS) is 11.8. The lowest BCUT2D eigenvalue weighted by atomic mass is 9.98. The molecule has 0 fully saturated rings. The number of imidazole rings is 1. The van der Waals surface area contributed by atoms with Crippen molar-refractivity contribution in [2.75, 3.05) is 0 Å². The fraction of sp³-hybridized carbons (Fsp3) is 0.333. The number of rotatable bonds is 6. The van der Waals surface area contributed by atoms with Crippen molar-refractivity contribution in [3.8, 4) is 22.5 Å². The molecule has 0 aliphatic carbocycles. The van der Waals surface area contributed by atoms with Crippen LogP contribution in [0.15, 0.2) is 53.3 Å². The van der Waals surface area contributed by atoms with E-state index < -0.39 is 0 Å². The zero-order valence-electron chi connectivity index (χ0n) is 18.8. The van der Waals surface area contributed by atoms with Gasteiger partial charge in [0.25, 0.3) is 0 Å². The van der Waals surface area contributed by atoms with Crippen molar-refractivity contribution < 1.29 is 0 Å². The highest BCUT2D eigenvalue weighted by molar-refractivity contribution is 6.30. The van der Waals surface area contributed by atoms with Crippen LogP contribution in [0.1, 0.15) is 45.4 Å². The predicted octanol–water partition coefficient (Wildman–Crippen LogP) is 4.91. The molecule has 2 aromatic carbocycles. The van der Waals surface area contributed by atoms with E-state index in [4.69, 9.17) is 11.6 Å². The minimum atomic E-state index is -0.384. The molecule has 0 amide bonds. The highest BCUT2D eigenvalue weighted by Gasteiger charge is 2.25. The van der Waals surface area contributed by atoms with Crippen LogP contribution in [-0.4, -0.2) is 29.8 Å². The highest BCUT2D eigenvalue weighted by atomic mass is 35.5. The molecule has 2 heterocycles. The third-order valence-electron chi connectivity index (χ3n) is 5.47. The third kappa shape index (κ3) is 4.12. The monoisotopic (exact) mass is 450 g/mol. The molecule has 0 saturated carbocycles. The van der Waals surface area contributed by atoms with Gasteiger partial charge in [-0.15, -0.1) is 5.10 Å². The molecule has 0 aliphatic rings. The van der Waals surface area contributed by atoms with Gasteiger partial charge < -0.3 is 0 Å². The number of benzene rings is 2. The van der Waals surface area contributed by atoms with Crippen LogP contribution >= 0.6 is 11.6 Å². The van der Waals surface area contributed by atoms with Gasteiger partial charge in [0.1, 0.15) is 5.15 Å². The first-order valence-electron chi connectivity index (χ1n) is 10.7. The molecule has 0 saturated heterocycles. The fourth-order valence-electron chi connectivity index (χ4n) is 3.97. The van der Waals surface area contributed by atoms with Crippen molar-refractivity contribution in [1.29, 1.82) is 0 Å². The Morgan fingerprint density at radius 3 is 2.31 bits per heavy atom. The van der Waals surface area contributed by atoms with Gasteiger partial charge in [-0.1, -0.05) is 73.5 Å². The Morgan fingerprint density at radius 1 is 1.03 bits per heavy atom. The van der Waals surface area contributed by atoms with Gasteiger partial charge in [0.05, 0.1) is 12.2 Å². The number of aromatic nitrogens is 6. The molecular formula is C24H27ClN6O. The smallest absolute Gasteiger partial charge is 0.290 e. The number of halogens is 1. The molecule has 0 aliphatic heterocycles. The summed E-state index contributed by atoms with van der Waals surface area (Å²) in [5.74, 6) is 0.624. The first-order valence-corrected chi connectivity index (χ1v) is 11.1. The van der Waals surface area contributed by atoms with Crippen LogP contribution in [-0.2, 0) is 18.5 Å². The lowest BCUT2D eigenvalue weighted by molar-refractivity contribution is 0.380. The molecule has 166 valence electrons. The summed E-state index contributed by atoms with van der Waals surface area (Å²) in [5.41, 5.74) is 4.48. The van der Waals surface area contributed by atoms with E-state index in [1.165, 1.54) is 0 Å². The van der Waals surface area contributed by atoms with Crippen LogP contribution in [0.3, 0.4) is 0 Å². The van der Waals surface area contributed by atoms with Crippen molar-refractivity contribution in [2.45, 2.75) is 52.6 Å². The van der Waals surface area contributed by atoms with Gasteiger partial charge in [0.2, 0.25) is 0 Å². The number of tetrazole rings is 1. The van der Waals surface area contributed by atoms with Crippen LogP contribution in [0, 0.1) is 0 Å². The fourth-order valence-corrected chi connectivity index (χ4v) is 4.49. The topological polar surface area (TPSA) is 81.4 Å². The minimum absolute atomic E-state index is 0.0711. The Hall–Kier alpha value is -3.19. The maximum atomic E-state index is 13.2. The van der Waals surface area contributed by atoms with E-state index in [0.717, 1.165) is 40.8 Å². The average Bonchev–Trinajstić information content (AvgIpc) is 3.37. The summed E-state index contributed by atoms with van der Waals surface area (Å²) in [6.07, 6.45) is 1.67. The summed E-state index contributed by atoms with van der Waals surface area (Å²) >= 11 is 6.66. The van der Waals surface area contributed by atoms with Gasteiger partial charge in [0, 0.05) is 11.1 Å². The van der Waals surface area contributed by atoms with Crippen LogP contribution in [0.4, 0.5) is 0 Å². The summed E-state index contributed by atoms with van der Waals surface area (Å²) < 4.78 is 3.50. The molecular weight excluding hydrogens is 424 g/mol. The molecule has 0 spiro atoms. The van der Waals surface area contributed by atoms with Crippen molar-refractivity contribution >= 4 is 11.6 Å². The van der Waals surface area contributed by atoms with Crippen LogP contribution < -0.4 is 5.69 Å². The van der Waals surface area contributed by atoms with Gasteiger partial charge in [-0.3, -0.25) is 9.13 Å². The van der Waals surface area contributed by atoms with Gasteiger partial charge in [-0.2, -0.15) is 0 Å². The van der Waals surface area contributed by atoms with E-state index in [0.29, 0.717) is 17.5 Å². The maximum absolute atomic E-state index is 13.2. The Balaban J connectivity index is 1.69. The Morgan fingerprint density at radius 2 is 1.72 bits per heavy atom. The Labute approximate surface area is 192 Å². The van der Waals surface area contributed by atoms with E-state index >= 15 is 0 Å². The number of H-pyrrole nitrogens is 1. The first kappa shape index (κ1) is 22.0. The number of hydrogen-bond acceptors (Lipinski definition) is 4. The van der Waals surface area contributed by atoms with Crippen LogP contribution in [0.25, 0.3) is 22.5 Å². The molecule has 0 atom stereocenters. The second-order valence-corrected chi connectivity index (χ2v) is 9.21. The van der Waals surface area contributed by atoms with E-state index in [1.54, 1.807) is 9.13 Å². The van der Waals surface area contributed by atoms with Gasteiger partial charge >= 0.3 is 5.69 Å². The quantitative estimate of drug-likeness (QED) is 0.452. The Kier molecular flexibility index (Phi) is 6.02. The number of aromatic amines is 1. The summed E-state index contributed by atoms with van der Waals surface area (Å²) in [6, 6.07) is 16.2. The highest BCUT2D eigenvalue weighted by Crippen LogP contribution is 2.30. The summed E-state index contributed by atoms with van der Waals surface area (Å²) in [7, 11) is 0. The SMILES string of the molecule is CCCc1c(Cl)n(C(C)(C)C)c(=O)n1Cc1ccc(-c2ccccc2-c2nnn[nH]2)cc1. The van der Waals surface area contributed by atoms with Crippen molar-refractivity contribution in [2.24, 2.45) is 0 Å². The number of nitrogens with zero attached hydrogens (tertiary/aromatic N) is 5.